The molecule has 0 radical (unpaired) electrons. The van der Waals surface area contributed by atoms with E-state index in [4.69, 9.17) is 9.97 Å². The van der Waals surface area contributed by atoms with Gasteiger partial charge in [0.25, 0.3) is 0 Å². The van der Waals surface area contributed by atoms with E-state index in [0.29, 0.717) is 5.82 Å². The molecule has 0 aliphatic rings. The van der Waals surface area contributed by atoms with E-state index in [1.54, 1.807) is 0 Å². The molecular formula is C50H32N2S. The third-order valence-corrected chi connectivity index (χ3v) is 11.2. The van der Waals surface area contributed by atoms with Crippen LogP contribution in [0.15, 0.2) is 194 Å². The second-order valence-electron chi connectivity index (χ2n) is 13.4. The Labute approximate surface area is 312 Å². The Hall–Kier alpha value is -6.68. The van der Waals surface area contributed by atoms with Gasteiger partial charge < -0.3 is 0 Å². The van der Waals surface area contributed by atoms with E-state index in [1.165, 1.54) is 53.2 Å². The van der Waals surface area contributed by atoms with Crippen molar-refractivity contribution in [3.8, 4) is 67.3 Å². The van der Waals surface area contributed by atoms with Crippen LogP contribution in [-0.4, -0.2) is 9.97 Å². The fraction of sp³-hybridized carbons (Fsp3) is 0. The predicted molar refractivity (Wildman–Crippen MR) is 225 cm³/mol. The molecule has 0 atom stereocenters. The summed E-state index contributed by atoms with van der Waals surface area (Å²) in [5, 5.41) is 5.04. The Kier molecular flexibility index (Phi) is 7.71. The van der Waals surface area contributed by atoms with Crippen molar-refractivity contribution in [1.29, 1.82) is 0 Å². The molecule has 10 aromatic rings. The van der Waals surface area contributed by atoms with Gasteiger partial charge in [0.05, 0.1) is 11.4 Å². The van der Waals surface area contributed by atoms with Crippen molar-refractivity contribution in [3.63, 3.8) is 0 Å². The third kappa shape index (κ3) is 5.97. The summed E-state index contributed by atoms with van der Waals surface area (Å²) in [6, 6.07) is 69.4. The van der Waals surface area contributed by atoms with E-state index < -0.39 is 0 Å². The van der Waals surface area contributed by atoms with E-state index in [-0.39, 0.29) is 0 Å². The van der Waals surface area contributed by atoms with E-state index in [0.717, 1.165) is 39.2 Å². The van der Waals surface area contributed by atoms with Crippen molar-refractivity contribution < 1.29 is 0 Å². The number of benzene rings is 8. The molecule has 0 saturated heterocycles. The minimum Gasteiger partial charge on any atom is -0.228 e. The van der Waals surface area contributed by atoms with Crippen molar-refractivity contribution in [3.05, 3.63) is 194 Å². The number of rotatable bonds is 6. The molecule has 0 aliphatic carbocycles. The summed E-state index contributed by atoms with van der Waals surface area (Å²) in [6.45, 7) is 0. The summed E-state index contributed by atoms with van der Waals surface area (Å²) in [5.41, 5.74) is 11.9. The van der Waals surface area contributed by atoms with Gasteiger partial charge in [-0.05, 0) is 92.7 Å². The van der Waals surface area contributed by atoms with E-state index in [1.807, 2.05) is 35.6 Å². The maximum absolute atomic E-state index is 5.26. The zero-order valence-electron chi connectivity index (χ0n) is 28.8. The maximum Gasteiger partial charge on any atom is 0.160 e. The van der Waals surface area contributed by atoms with Crippen molar-refractivity contribution in [2.24, 2.45) is 0 Å². The lowest BCUT2D eigenvalue weighted by Crippen LogP contribution is -1.96. The van der Waals surface area contributed by atoms with Gasteiger partial charge in [0, 0.05) is 36.9 Å². The molecule has 248 valence electrons. The normalized spacial score (nSPS) is 11.4. The quantitative estimate of drug-likeness (QED) is 0.173. The minimum absolute atomic E-state index is 0.703. The molecular weight excluding hydrogens is 661 g/mol. The Morgan fingerprint density at radius 3 is 1.58 bits per heavy atom. The highest BCUT2D eigenvalue weighted by atomic mass is 32.1. The van der Waals surface area contributed by atoms with Gasteiger partial charge >= 0.3 is 0 Å². The largest absolute Gasteiger partial charge is 0.228 e. The standard InChI is InChI=1S/C50H32N2S/c1-3-11-33(12-4-1)35-19-22-36(23-20-35)46-32-47(52-50(51-46)37-14-5-2-6-15-37)43-29-41(39-24-21-34-13-7-8-16-38(34)27-39)28-42(30-43)40-25-26-49-45(31-40)44-17-9-10-18-48(44)53-49/h1-32H. The first-order valence-electron chi connectivity index (χ1n) is 17.9. The molecule has 53 heavy (non-hydrogen) atoms. The molecule has 0 saturated carbocycles. The molecule has 0 amide bonds. The van der Waals surface area contributed by atoms with Crippen molar-refractivity contribution in [2.45, 2.75) is 0 Å². The zero-order valence-corrected chi connectivity index (χ0v) is 29.6. The fourth-order valence-corrected chi connectivity index (χ4v) is 8.39. The van der Waals surface area contributed by atoms with Crippen LogP contribution in [0.5, 0.6) is 0 Å². The van der Waals surface area contributed by atoms with Crippen LogP contribution in [0.2, 0.25) is 0 Å². The van der Waals surface area contributed by atoms with Crippen LogP contribution in [-0.2, 0) is 0 Å². The van der Waals surface area contributed by atoms with Crippen LogP contribution in [0.25, 0.3) is 98.2 Å². The van der Waals surface area contributed by atoms with Crippen LogP contribution in [0.3, 0.4) is 0 Å². The lowest BCUT2D eigenvalue weighted by molar-refractivity contribution is 1.18. The fourth-order valence-electron chi connectivity index (χ4n) is 7.31. The van der Waals surface area contributed by atoms with Crippen LogP contribution >= 0.6 is 11.3 Å². The summed E-state index contributed by atoms with van der Waals surface area (Å²) in [6.07, 6.45) is 0. The van der Waals surface area contributed by atoms with Gasteiger partial charge in [-0.2, -0.15) is 0 Å². The Morgan fingerprint density at radius 2 is 0.811 bits per heavy atom. The molecule has 2 nitrogen and oxygen atoms in total. The maximum atomic E-state index is 5.26. The van der Waals surface area contributed by atoms with Crippen molar-refractivity contribution in [1.82, 2.24) is 9.97 Å². The lowest BCUT2D eigenvalue weighted by Gasteiger charge is -2.14. The summed E-state index contributed by atoms with van der Waals surface area (Å²) in [5.74, 6) is 0.703. The number of hydrogen-bond donors (Lipinski definition) is 0. The van der Waals surface area contributed by atoms with Gasteiger partial charge in [-0.15, -0.1) is 11.3 Å². The molecule has 3 heteroatoms. The topological polar surface area (TPSA) is 25.8 Å². The van der Waals surface area contributed by atoms with Crippen LogP contribution < -0.4 is 0 Å². The van der Waals surface area contributed by atoms with Crippen molar-refractivity contribution in [2.75, 3.05) is 0 Å². The van der Waals surface area contributed by atoms with E-state index >= 15 is 0 Å². The Bertz CT molecular complexity index is 2930. The molecule has 10 rings (SSSR count). The van der Waals surface area contributed by atoms with Gasteiger partial charge in [0.1, 0.15) is 0 Å². The molecule has 0 bridgehead atoms. The summed E-state index contributed by atoms with van der Waals surface area (Å²) in [4.78, 5) is 10.4. The molecule has 2 aromatic heterocycles. The number of fused-ring (bicyclic) bond motifs is 4. The van der Waals surface area contributed by atoms with Gasteiger partial charge in [-0.25, -0.2) is 9.97 Å². The second-order valence-corrected chi connectivity index (χ2v) is 14.5. The van der Waals surface area contributed by atoms with Gasteiger partial charge in [0.15, 0.2) is 5.82 Å². The van der Waals surface area contributed by atoms with Crippen LogP contribution in [0, 0.1) is 0 Å². The molecule has 2 heterocycles. The smallest absolute Gasteiger partial charge is 0.160 e. The molecule has 0 fully saturated rings. The third-order valence-electron chi connectivity index (χ3n) is 10.1. The molecule has 0 N–H and O–H groups in total. The molecule has 0 spiro atoms. The zero-order chi connectivity index (χ0) is 35.1. The molecule has 0 aliphatic heterocycles. The highest BCUT2D eigenvalue weighted by Crippen LogP contribution is 2.39. The predicted octanol–water partition coefficient (Wildman–Crippen LogP) is 14.0. The monoisotopic (exact) mass is 692 g/mol. The number of aromatic nitrogens is 2. The van der Waals surface area contributed by atoms with Crippen LogP contribution in [0.4, 0.5) is 0 Å². The number of hydrogen-bond acceptors (Lipinski definition) is 3. The van der Waals surface area contributed by atoms with Gasteiger partial charge in [0.2, 0.25) is 0 Å². The Morgan fingerprint density at radius 1 is 0.283 bits per heavy atom. The molecule has 0 unspecified atom stereocenters. The number of nitrogens with zero attached hydrogens (tertiary/aromatic N) is 2. The highest BCUT2D eigenvalue weighted by Gasteiger charge is 2.15. The average Bonchev–Trinajstić information content (AvgIpc) is 3.62. The van der Waals surface area contributed by atoms with Crippen LogP contribution in [0.1, 0.15) is 0 Å². The lowest BCUT2D eigenvalue weighted by atomic mass is 9.93. The van der Waals surface area contributed by atoms with E-state index in [9.17, 15) is 0 Å². The summed E-state index contributed by atoms with van der Waals surface area (Å²) in [7, 11) is 0. The summed E-state index contributed by atoms with van der Waals surface area (Å²) >= 11 is 1.85. The number of thiophene rings is 1. The first kappa shape index (κ1) is 31.1. The highest BCUT2D eigenvalue weighted by molar-refractivity contribution is 7.25. The van der Waals surface area contributed by atoms with Gasteiger partial charge in [-0.1, -0.05) is 146 Å². The first-order chi connectivity index (χ1) is 26.2. The van der Waals surface area contributed by atoms with Gasteiger partial charge in [-0.3, -0.25) is 0 Å². The average molecular weight is 693 g/mol. The minimum atomic E-state index is 0.703. The summed E-state index contributed by atoms with van der Waals surface area (Å²) < 4.78 is 2.61. The Balaban J connectivity index is 1.17. The SMILES string of the molecule is c1ccc(-c2ccc(-c3cc(-c4cc(-c5ccc6ccccc6c5)cc(-c5ccc6sc7ccccc7c6c5)c4)nc(-c4ccccc4)n3)cc2)cc1. The second kappa shape index (κ2) is 13.1. The van der Waals surface area contributed by atoms with Crippen molar-refractivity contribution >= 4 is 42.3 Å². The first-order valence-corrected chi connectivity index (χ1v) is 18.7. The molecule has 8 aromatic carbocycles. The van der Waals surface area contributed by atoms with E-state index in [2.05, 4.69) is 170 Å².